The highest BCUT2D eigenvalue weighted by Crippen LogP contribution is 2.13. The number of aliphatic hydroxyl groups is 5. The van der Waals surface area contributed by atoms with Gasteiger partial charge in [0.1, 0.15) is 18.3 Å². The molecular weight excluding hydrogens is 292 g/mol. The lowest BCUT2D eigenvalue weighted by Gasteiger charge is -2.29. The second kappa shape index (κ2) is 8.64. The number of hydrogen-bond donors (Lipinski definition) is 6. The molecule has 0 amide bonds. The standard InChI is InChI=1S/C11H18O10/c1-4(13)21-7(3-12)9(17)10(18)8(16)5(14)2-6(15)11(19)20/h5,7-10,12,14,16-18H,2-3H2,1H3,(H,19,20)/t5-,7+,8+,9+,10+/m0/s1/i1D. The van der Waals surface area contributed by atoms with Gasteiger partial charge in [0.15, 0.2) is 6.10 Å². The zero-order chi connectivity index (χ0) is 17.4. The zero-order valence-corrected chi connectivity index (χ0v) is 10.8. The first-order valence-electron chi connectivity index (χ1n) is 6.44. The highest BCUT2D eigenvalue weighted by Gasteiger charge is 2.37. The first kappa shape index (κ1) is 17.5. The Hall–Kier alpha value is -1.59. The van der Waals surface area contributed by atoms with Crippen molar-refractivity contribution < 1.29 is 51.1 Å². The zero-order valence-electron chi connectivity index (χ0n) is 11.8. The monoisotopic (exact) mass is 311 g/mol. The van der Waals surface area contributed by atoms with Gasteiger partial charge in [0.05, 0.1) is 12.7 Å². The van der Waals surface area contributed by atoms with E-state index in [0.717, 1.165) is 0 Å². The molecule has 0 aliphatic carbocycles. The minimum Gasteiger partial charge on any atom is -0.475 e. The molecule has 5 atom stereocenters. The van der Waals surface area contributed by atoms with Crippen molar-refractivity contribution in [1.82, 2.24) is 0 Å². The maximum absolute atomic E-state index is 10.9. The first-order valence-corrected chi connectivity index (χ1v) is 5.73. The van der Waals surface area contributed by atoms with Crippen molar-refractivity contribution in [2.75, 3.05) is 6.61 Å². The van der Waals surface area contributed by atoms with Gasteiger partial charge in [-0.1, -0.05) is 0 Å². The van der Waals surface area contributed by atoms with E-state index in [9.17, 15) is 34.8 Å². The number of hydrogen-bond acceptors (Lipinski definition) is 9. The van der Waals surface area contributed by atoms with E-state index >= 15 is 0 Å². The highest BCUT2D eigenvalue weighted by atomic mass is 16.6. The summed E-state index contributed by atoms with van der Waals surface area (Å²) in [5, 5.41) is 55.6. The molecule has 0 rings (SSSR count). The molecule has 0 aliphatic heterocycles. The summed E-state index contributed by atoms with van der Waals surface area (Å²) in [5.41, 5.74) is 0. The molecule has 21 heavy (non-hydrogen) atoms. The summed E-state index contributed by atoms with van der Waals surface area (Å²) in [5.74, 6) is -4.38. The summed E-state index contributed by atoms with van der Waals surface area (Å²) in [7, 11) is 0. The number of carboxylic acids is 1. The number of ketones is 1. The maximum atomic E-state index is 10.9. The van der Waals surface area contributed by atoms with Crippen LogP contribution in [0.3, 0.4) is 0 Å². The lowest BCUT2D eigenvalue weighted by Crippen LogP contribution is -2.51. The Balaban J connectivity index is 4.75. The van der Waals surface area contributed by atoms with Crippen LogP contribution in [-0.4, -0.2) is 85.5 Å². The number of ether oxygens (including phenoxy) is 1. The number of aliphatic hydroxyl groups excluding tert-OH is 5. The highest BCUT2D eigenvalue weighted by molar-refractivity contribution is 6.32. The van der Waals surface area contributed by atoms with E-state index in [0.29, 0.717) is 0 Å². The Morgan fingerprint density at radius 1 is 1.10 bits per heavy atom. The Morgan fingerprint density at radius 2 is 1.67 bits per heavy atom. The molecule has 10 nitrogen and oxygen atoms in total. The topological polar surface area (TPSA) is 182 Å². The molecule has 0 saturated carbocycles. The quantitative estimate of drug-likeness (QED) is 0.184. The van der Waals surface area contributed by atoms with E-state index in [1.54, 1.807) is 0 Å². The van der Waals surface area contributed by atoms with Crippen molar-refractivity contribution >= 4 is 17.7 Å². The second-order valence-electron chi connectivity index (χ2n) is 4.18. The third kappa shape index (κ3) is 6.14. The lowest BCUT2D eigenvalue weighted by molar-refractivity contribution is -0.173. The van der Waals surface area contributed by atoms with Crippen LogP contribution in [0.25, 0.3) is 0 Å². The molecule has 0 spiro atoms. The minimum atomic E-state index is -2.15. The van der Waals surface area contributed by atoms with E-state index < -0.39 is 68.2 Å². The van der Waals surface area contributed by atoms with Crippen LogP contribution in [0, 0.1) is 0 Å². The predicted octanol–water partition coefficient (Wildman–Crippen LogP) is -3.60. The van der Waals surface area contributed by atoms with Crippen molar-refractivity contribution in [3.8, 4) is 0 Å². The molecule has 122 valence electrons. The van der Waals surface area contributed by atoms with Crippen molar-refractivity contribution in [3.05, 3.63) is 0 Å². The Labute approximate surface area is 120 Å². The number of aliphatic carboxylic acids is 1. The van der Waals surface area contributed by atoms with Gasteiger partial charge in [0.2, 0.25) is 5.78 Å². The molecule has 0 saturated heterocycles. The normalized spacial score (nSPS) is 18.8. The van der Waals surface area contributed by atoms with E-state index in [2.05, 4.69) is 4.74 Å². The predicted molar refractivity (Wildman–Crippen MR) is 63.9 cm³/mol. The van der Waals surface area contributed by atoms with Gasteiger partial charge in [-0.2, -0.15) is 0 Å². The maximum Gasteiger partial charge on any atom is 0.372 e. The SMILES string of the molecule is [2H]CC(=O)O[C@H](CO)[C@@H](O)[C@H](O)[C@H](O)[C@@H](O)CC(=O)C(=O)O. The van der Waals surface area contributed by atoms with Crippen molar-refractivity contribution in [1.29, 1.82) is 0 Å². The van der Waals surface area contributed by atoms with Gasteiger partial charge in [0, 0.05) is 14.7 Å². The number of Topliss-reactive ketones (excluding diaryl/α,β-unsaturated/α-hetero) is 1. The van der Waals surface area contributed by atoms with Gasteiger partial charge < -0.3 is 35.4 Å². The lowest BCUT2D eigenvalue weighted by atomic mass is 9.96. The summed E-state index contributed by atoms with van der Waals surface area (Å²) in [6, 6.07) is 0. The average molecular weight is 311 g/mol. The summed E-state index contributed by atoms with van der Waals surface area (Å²) >= 11 is 0. The van der Waals surface area contributed by atoms with Crippen molar-refractivity contribution in [2.45, 2.75) is 43.8 Å². The second-order valence-corrected chi connectivity index (χ2v) is 4.18. The van der Waals surface area contributed by atoms with Crippen molar-refractivity contribution in [2.24, 2.45) is 0 Å². The molecule has 0 heterocycles. The molecule has 0 aliphatic rings. The molecule has 10 heteroatoms. The number of carbonyl (C=O) groups is 3. The van der Waals surface area contributed by atoms with Crippen LogP contribution in [-0.2, 0) is 19.1 Å². The van der Waals surface area contributed by atoms with Crippen LogP contribution in [0.1, 0.15) is 14.7 Å². The minimum absolute atomic E-state index is 0.808. The molecule has 0 aromatic rings. The van der Waals surface area contributed by atoms with Crippen LogP contribution >= 0.6 is 0 Å². The number of carboxylic acid groups (broad SMARTS) is 1. The first-order chi connectivity index (χ1) is 10.1. The van der Waals surface area contributed by atoms with Crippen LogP contribution in [0.4, 0.5) is 0 Å². The average Bonchev–Trinajstić information content (AvgIpc) is 2.49. The van der Waals surface area contributed by atoms with Crippen LogP contribution in [0.2, 0.25) is 0 Å². The van der Waals surface area contributed by atoms with Crippen LogP contribution in [0.15, 0.2) is 0 Å². The molecule has 0 fully saturated rings. The Morgan fingerprint density at radius 3 is 2.10 bits per heavy atom. The number of carbonyl (C=O) groups excluding carboxylic acids is 2. The van der Waals surface area contributed by atoms with Crippen molar-refractivity contribution in [3.63, 3.8) is 0 Å². The number of rotatable bonds is 9. The van der Waals surface area contributed by atoms with Gasteiger partial charge >= 0.3 is 11.9 Å². The molecular formula is C11H18O10. The summed E-state index contributed by atoms with van der Waals surface area (Å²) in [4.78, 5) is 32.1. The smallest absolute Gasteiger partial charge is 0.372 e. The Kier molecular flexibility index (Phi) is 7.19. The summed E-state index contributed by atoms with van der Waals surface area (Å²) in [6.45, 7) is -1.75. The fourth-order valence-corrected chi connectivity index (χ4v) is 1.43. The van der Waals surface area contributed by atoms with E-state index in [4.69, 9.17) is 11.6 Å². The van der Waals surface area contributed by atoms with Gasteiger partial charge in [-0.25, -0.2) is 4.79 Å². The van der Waals surface area contributed by atoms with Gasteiger partial charge in [0.25, 0.3) is 0 Å². The fraction of sp³-hybridized carbons (Fsp3) is 0.727. The van der Waals surface area contributed by atoms with Crippen LogP contribution in [0.5, 0.6) is 0 Å². The van der Waals surface area contributed by atoms with E-state index in [-0.39, 0.29) is 0 Å². The van der Waals surface area contributed by atoms with Gasteiger partial charge in [-0.05, 0) is 0 Å². The van der Waals surface area contributed by atoms with Crippen LogP contribution < -0.4 is 0 Å². The largest absolute Gasteiger partial charge is 0.475 e. The van der Waals surface area contributed by atoms with Gasteiger partial charge in [-0.3, -0.25) is 9.59 Å². The van der Waals surface area contributed by atoms with E-state index in [1.165, 1.54) is 0 Å². The molecule has 6 N–H and O–H groups in total. The van der Waals surface area contributed by atoms with Gasteiger partial charge in [-0.15, -0.1) is 0 Å². The summed E-state index contributed by atoms with van der Waals surface area (Å²) < 4.78 is 11.2. The summed E-state index contributed by atoms with van der Waals surface area (Å²) in [6.07, 6.45) is -11.0. The molecule has 0 radical (unpaired) electrons. The Bertz CT molecular complexity index is 400. The third-order valence-electron chi connectivity index (χ3n) is 2.57. The fourth-order valence-electron chi connectivity index (χ4n) is 1.43. The molecule has 0 aromatic carbocycles. The van der Waals surface area contributed by atoms with E-state index in [1.807, 2.05) is 0 Å². The molecule has 0 aromatic heterocycles. The number of esters is 1. The molecule has 0 unspecified atom stereocenters. The third-order valence-corrected chi connectivity index (χ3v) is 2.57. The molecule has 0 bridgehead atoms.